The first-order valence-electron chi connectivity index (χ1n) is 9.30. The van der Waals surface area contributed by atoms with E-state index in [0.29, 0.717) is 11.3 Å². The Morgan fingerprint density at radius 1 is 1.04 bits per heavy atom. The molecule has 0 fully saturated rings. The molecule has 1 aliphatic rings. The van der Waals surface area contributed by atoms with Gasteiger partial charge in [-0.3, -0.25) is 10.1 Å². The van der Waals surface area contributed by atoms with E-state index in [2.05, 4.69) is 22.8 Å². The summed E-state index contributed by atoms with van der Waals surface area (Å²) in [7, 11) is 0. The summed E-state index contributed by atoms with van der Waals surface area (Å²) in [5.74, 6) is -0.111. The van der Waals surface area contributed by atoms with Crippen LogP contribution in [0.15, 0.2) is 48.5 Å². The SMILES string of the molecule is CC(C)(C)OC(=O)Nc1ccc(C(=O)N[C@H]2CCCc3ccccc32)cc1. The fourth-order valence-corrected chi connectivity index (χ4v) is 3.27. The van der Waals surface area contributed by atoms with E-state index in [4.69, 9.17) is 4.74 Å². The molecule has 0 heterocycles. The predicted molar refractivity (Wildman–Crippen MR) is 106 cm³/mol. The van der Waals surface area contributed by atoms with Gasteiger partial charge in [0, 0.05) is 11.3 Å². The summed E-state index contributed by atoms with van der Waals surface area (Å²) < 4.78 is 5.22. The van der Waals surface area contributed by atoms with Crippen molar-refractivity contribution >= 4 is 17.7 Å². The number of anilines is 1. The summed E-state index contributed by atoms with van der Waals surface area (Å²) in [6.45, 7) is 5.43. The fourth-order valence-electron chi connectivity index (χ4n) is 3.27. The van der Waals surface area contributed by atoms with Crippen LogP contribution in [-0.4, -0.2) is 17.6 Å². The molecule has 0 bridgehead atoms. The first kappa shape index (κ1) is 19.0. The van der Waals surface area contributed by atoms with Gasteiger partial charge in [0.25, 0.3) is 5.91 Å². The average molecular weight is 366 g/mol. The number of carbonyl (C=O) groups is 2. The third kappa shape index (κ3) is 5.09. The minimum absolute atomic E-state index is 0.0435. The van der Waals surface area contributed by atoms with E-state index < -0.39 is 11.7 Å². The van der Waals surface area contributed by atoms with Gasteiger partial charge in [0.2, 0.25) is 0 Å². The molecule has 5 heteroatoms. The van der Waals surface area contributed by atoms with E-state index >= 15 is 0 Å². The molecule has 2 N–H and O–H groups in total. The Morgan fingerprint density at radius 3 is 2.44 bits per heavy atom. The Morgan fingerprint density at radius 2 is 1.74 bits per heavy atom. The number of nitrogens with one attached hydrogen (secondary N) is 2. The number of fused-ring (bicyclic) bond motifs is 1. The number of hydrogen-bond acceptors (Lipinski definition) is 3. The normalized spacial score (nSPS) is 16.2. The van der Waals surface area contributed by atoms with E-state index in [9.17, 15) is 9.59 Å². The van der Waals surface area contributed by atoms with Gasteiger partial charge < -0.3 is 10.1 Å². The van der Waals surface area contributed by atoms with E-state index in [1.807, 2.05) is 32.9 Å². The summed E-state index contributed by atoms with van der Waals surface area (Å²) in [4.78, 5) is 24.4. The minimum atomic E-state index is -0.555. The largest absolute Gasteiger partial charge is 0.444 e. The zero-order chi connectivity index (χ0) is 19.4. The highest BCUT2D eigenvalue weighted by Gasteiger charge is 2.22. The lowest BCUT2D eigenvalue weighted by molar-refractivity contribution is 0.0635. The number of amides is 2. The van der Waals surface area contributed by atoms with Gasteiger partial charge in [0.1, 0.15) is 5.60 Å². The number of rotatable bonds is 3. The van der Waals surface area contributed by atoms with Gasteiger partial charge in [-0.15, -0.1) is 0 Å². The average Bonchev–Trinajstić information content (AvgIpc) is 2.61. The second kappa shape index (κ2) is 7.82. The van der Waals surface area contributed by atoms with Crippen LogP contribution in [-0.2, 0) is 11.2 Å². The van der Waals surface area contributed by atoms with Crippen molar-refractivity contribution in [3.8, 4) is 0 Å². The van der Waals surface area contributed by atoms with Crippen LogP contribution in [0.1, 0.15) is 61.1 Å². The van der Waals surface area contributed by atoms with Crippen molar-refractivity contribution < 1.29 is 14.3 Å². The van der Waals surface area contributed by atoms with Crippen molar-refractivity contribution in [2.45, 2.75) is 51.7 Å². The summed E-state index contributed by atoms with van der Waals surface area (Å²) in [6, 6.07) is 15.1. The summed E-state index contributed by atoms with van der Waals surface area (Å²) >= 11 is 0. The quantitative estimate of drug-likeness (QED) is 0.817. The number of carbonyl (C=O) groups excluding carboxylic acids is 2. The molecule has 0 aromatic heterocycles. The third-order valence-electron chi connectivity index (χ3n) is 4.47. The van der Waals surface area contributed by atoms with Gasteiger partial charge in [-0.05, 0) is 75.4 Å². The highest BCUT2D eigenvalue weighted by molar-refractivity contribution is 5.95. The predicted octanol–water partition coefficient (Wildman–Crippen LogP) is 4.84. The fraction of sp³-hybridized carbons (Fsp3) is 0.364. The molecular weight excluding hydrogens is 340 g/mol. The molecular formula is C22H26N2O3. The Balaban J connectivity index is 1.62. The van der Waals surface area contributed by atoms with E-state index in [0.717, 1.165) is 19.3 Å². The Bertz CT molecular complexity index is 822. The van der Waals surface area contributed by atoms with Gasteiger partial charge >= 0.3 is 6.09 Å². The first-order chi connectivity index (χ1) is 12.8. The van der Waals surface area contributed by atoms with E-state index in [1.54, 1.807) is 24.3 Å². The second-order valence-electron chi connectivity index (χ2n) is 7.82. The highest BCUT2D eigenvalue weighted by Crippen LogP contribution is 2.29. The first-order valence-corrected chi connectivity index (χ1v) is 9.30. The Labute approximate surface area is 160 Å². The number of ether oxygens (including phenoxy) is 1. The van der Waals surface area contributed by atoms with Crippen molar-refractivity contribution in [2.75, 3.05) is 5.32 Å². The van der Waals surface area contributed by atoms with Crippen LogP contribution in [0.5, 0.6) is 0 Å². The van der Waals surface area contributed by atoms with Crippen LogP contribution in [0.25, 0.3) is 0 Å². The molecule has 27 heavy (non-hydrogen) atoms. The van der Waals surface area contributed by atoms with Crippen LogP contribution in [0.2, 0.25) is 0 Å². The summed E-state index contributed by atoms with van der Waals surface area (Å²) in [5.41, 5.74) is 3.11. The van der Waals surface area contributed by atoms with Gasteiger partial charge in [-0.2, -0.15) is 0 Å². The monoisotopic (exact) mass is 366 g/mol. The molecule has 2 aromatic carbocycles. The lowest BCUT2D eigenvalue weighted by Crippen LogP contribution is -2.31. The Kier molecular flexibility index (Phi) is 5.49. The van der Waals surface area contributed by atoms with Crippen molar-refractivity contribution in [2.24, 2.45) is 0 Å². The minimum Gasteiger partial charge on any atom is -0.444 e. The smallest absolute Gasteiger partial charge is 0.412 e. The molecule has 2 amide bonds. The molecule has 0 radical (unpaired) electrons. The van der Waals surface area contributed by atoms with Crippen molar-refractivity contribution in [3.05, 3.63) is 65.2 Å². The summed E-state index contributed by atoms with van der Waals surface area (Å²) in [5, 5.41) is 5.80. The molecule has 0 saturated carbocycles. The van der Waals surface area contributed by atoms with Gasteiger partial charge in [-0.25, -0.2) is 4.79 Å². The molecule has 0 spiro atoms. The molecule has 1 aliphatic carbocycles. The van der Waals surface area contributed by atoms with E-state index in [-0.39, 0.29) is 11.9 Å². The zero-order valence-electron chi connectivity index (χ0n) is 16.0. The van der Waals surface area contributed by atoms with Gasteiger partial charge in [-0.1, -0.05) is 24.3 Å². The van der Waals surface area contributed by atoms with Gasteiger partial charge in [0.05, 0.1) is 6.04 Å². The van der Waals surface area contributed by atoms with Crippen molar-refractivity contribution in [1.82, 2.24) is 5.32 Å². The molecule has 2 aromatic rings. The van der Waals surface area contributed by atoms with Crippen LogP contribution in [0, 0.1) is 0 Å². The van der Waals surface area contributed by atoms with Crippen LogP contribution in [0.4, 0.5) is 10.5 Å². The number of aryl methyl sites for hydroxylation is 1. The lowest BCUT2D eigenvalue weighted by atomic mass is 9.87. The second-order valence-corrected chi connectivity index (χ2v) is 7.82. The maximum atomic E-state index is 12.6. The standard InChI is InChI=1S/C22H26N2O3/c1-22(2,3)27-21(26)23-17-13-11-16(12-14-17)20(25)24-19-10-6-8-15-7-4-5-9-18(15)19/h4-5,7,9,11-14,19H,6,8,10H2,1-3H3,(H,23,26)(H,24,25)/t19-/m0/s1. The van der Waals surface area contributed by atoms with Crippen LogP contribution >= 0.6 is 0 Å². The molecule has 3 rings (SSSR count). The molecule has 0 aliphatic heterocycles. The molecule has 142 valence electrons. The number of hydrogen-bond donors (Lipinski definition) is 2. The number of benzene rings is 2. The molecule has 5 nitrogen and oxygen atoms in total. The van der Waals surface area contributed by atoms with E-state index in [1.165, 1.54) is 11.1 Å². The molecule has 0 unspecified atom stereocenters. The molecule has 1 atom stereocenters. The van der Waals surface area contributed by atoms with Crippen LogP contribution in [0.3, 0.4) is 0 Å². The third-order valence-corrected chi connectivity index (χ3v) is 4.47. The molecule has 0 saturated heterocycles. The Hall–Kier alpha value is -2.82. The lowest BCUT2D eigenvalue weighted by Gasteiger charge is -2.26. The topological polar surface area (TPSA) is 67.4 Å². The van der Waals surface area contributed by atoms with Crippen LogP contribution < -0.4 is 10.6 Å². The zero-order valence-corrected chi connectivity index (χ0v) is 16.0. The van der Waals surface area contributed by atoms with Crippen molar-refractivity contribution in [3.63, 3.8) is 0 Å². The highest BCUT2D eigenvalue weighted by atomic mass is 16.6. The van der Waals surface area contributed by atoms with Crippen molar-refractivity contribution in [1.29, 1.82) is 0 Å². The van der Waals surface area contributed by atoms with Gasteiger partial charge in [0.15, 0.2) is 0 Å². The maximum absolute atomic E-state index is 12.6. The maximum Gasteiger partial charge on any atom is 0.412 e. The summed E-state index contributed by atoms with van der Waals surface area (Å²) in [6.07, 6.45) is 2.56.